The van der Waals surface area contributed by atoms with Gasteiger partial charge in [-0.25, -0.2) is 0 Å². The summed E-state index contributed by atoms with van der Waals surface area (Å²) in [4.78, 5) is 11.6. The van der Waals surface area contributed by atoms with E-state index in [9.17, 15) is 9.90 Å². The predicted octanol–water partition coefficient (Wildman–Crippen LogP) is -0.731. The Kier molecular flexibility index (Phi) is 7.91. The van der Waals surface area contributed by atoms with Crippen LogP contribution in [0.1, 0.15) is 19.3 Å². The minimum absolute atomic E-state index is 0.0214. The van der Waals surface area contributed by atoms with E-state index in [0.29, 0.717) is 39.3 Å². The lowest BCUT2D eigenvalue weighted by molar-refractivity contribution is -0.122. The second-order valence-corrected chi connectivity index (χ2v) is 4.45. The summed E-state index contributed by atoms with van der Waals surface area (Å²) >= 11 is 0. The molecule has 1 heterocycles. The number of rotatable bonds is 9. The van der Waals surface area contributed by atoms with Crippen molar-refractivity contribution in [2.45, 2.75) is 31.4 Å². The van der Waals surface area contributed by atoms with E-state index in [1.54, 1.807) is 7.11 Å². The highest BCUT2D eigenvalue weighted by Crippen LogP contribution is 2.05. The molecule has 1 fully saturated rings. The van der Waals surface area contributed by atoms with Gasteiger partial charge in [-0.2, -0.15) is 0 Å². The summed E-state index contributed by atoms with van der Waals surface area (Å²) in [5, 5.41) is 15.1. The third-order valence-corrected chi connectivity index (χ3v) is 2.87. The Bertz CT molecular complexity index is 238. The Morgan fingerprint density at radius 2 is 2.22 bits per heavy atom. The van der Waals surface area contributed by atoms with Gasteiger partial charge in [0.05, 0.1) is 25.4 Å². The van der Waals surface area contributed by atoms with Gasteiger partial charge in [0.2, 0.25) is 5.91 Å². The van der Waals surface area contributed by atoms with E-state index in [0.717, 1.165) is 12.8 Å². The van der Waals surface area contributed by atoms with Crippen molar-refractivity contribution >= 4 is 5.91 Å². The number of hydrogen-bond donors (Lipinski definition) is 3. The first-order chi connectivity index (χ1) is 8.74. The zero-order valence-corrected chi connectivity index (χ0v) is 11.0. The Morgan fingerprint density at radius 1 is 1.39 bits per heavy atom. The van der Waals surface area contributed by atoms with E-state index >= 15 is 0 Å². The monoisotopic (exact) mass is 260 g/mol. The number of ether oxygens (including phenoxy) is 2. The van der Waals surface area contributed by atoms with Crippen LogP contribution in [0.3, 0.4) is 0 Å². The molecule has 1 aliphatic heterocycles. The number of carbonyl (C=O) groups excluding carboxylic acids is 1. The Morgan fingerprint density at radius 3 is 2.89 bits per heavy atom. The molecule has 1 rings (SSSR count). The molecular formula is C12H24N2O4. The normalized spacial score (nSPS) is 23.2. The predicted molar refractivity (Wildman–Crippen MR) is 67.4 cm³/mol. The number of β-amino-alcohol motifs (C(OH)–C–C–N with tert-alkyl or cyclic N) is 1. The molecule has 0 aromatic heterocycles. The zero-order chi connectivity index (χ0) is 13.2. The molecule has 0 saturated carbocycles. The maximum atomic E-state index is 11.6. The van der Waals surface area contributed by atoms with Crippen LogP contribution in [0.4, 0.5) is 0 Å². The van der Waals surface area contributed by atoms with Crippen LogP contribution in [0.25, 0.3) is 0 Å². The molecule has 2 unspecified atom stereocenters. The second-order valence-electron chi connectivity index (χ2n) is 4.45. The number of hydrogen-bond acceptors (Lipinski definition) is 5. The fraction of sp³-hybridized carbons (Fsp3) is 0.917. The molecular weight excluding hydrogens is 236 g/mol. The van der Waals surface area contributed by atoms with Gasteiger partial charge >= 0.3 is 0 Å². The molecule has 1 aliphatic rings. The van der Waals surface area contributed by atoms with Crippen LogP contribution in [0, 0.1) is 0 Å². The first-order valence-electron chi connectivity index (χ1n) is 6.50. The molecule has 1 saturated heterocycles. The Labute approximate surface area is 108 Å². The standard InChI is InChI=1S/C12H24N2O4/c1-17-6-7-18-5-3-2-4-13-12(16)11-8-10(15)9-14-11/h10-11,14-15H,2-9H2,1H3,(H,13,16). The summed E-state index contributed by atoms with van der Waals surface area (Å²) in [6, 6.07) is -0.238. The summed E-state index contributed by atoms with van der Waals surface area (Å²) in [5.41, 5.74) is 0. The van der Waals surface area contributed by atoms with Crippen LogP contribution in [0.2, 0.25) is 0 Å². The average molecular weight is 260 g/mol. The third-order valence-electron chi connectivity index (χ3n) is 2.87. The summed E-state index contributed by atoms with van der Waals surface area (Å²) in [6.07, 6.45) is 1.93. The molecule has 1 amide bonds. The van der Waals surface area contributed by atoms with Crippen molar-refractivity contribution in [1.29, 1.82) is 0 Å². The lowest BCUT2D eigenvalue weighted by atomic mass is 10.2. The largest absolute Gasteiger partial charge is 0.392 e. The van der Waals surface area contributed by atoms with Crippen molar-refractivity contribution in [2.24, 2.45) is 0 Å². The molecule has 2 atom stereocenters. The number of aliphatic hydroxyl groups excluding tert-OH is 1. The minimum atomic E-state index is -0.394. The molecule has 18 heavy (non-hydrogen) atoms. The molecule has 0 aliphatic carbocycles. The van der Waals surface area contributed by atoms with Crippen LogP contribution < -0.4 is 10.6 Å². The number of methoxy groups -OCH3 is 1. The molecule has 0 aromatic carbocycles. The van der Waals surface area contributed by atoms with Crippen molar-refractivity contribution in [3.8, 4) is 0 Å². The molecule has 6 heteroatoms. The van der Waals surface area contributed by atoms with Crippen molar-refractivity contribution in [3.63, 3.8) is 0 Å². The van der Waals surface area contributed by atoms with Crippen molar-refractivity contribution in [3.05, 3.63) is 0 Å². The number of carbonyl (C=O) groups is 1. The highest BCUT2D eigenvalue weighted by molar-refractivity contribution is 5.82. The van der Waals surface area contributed by atoms with Gasteiger partial charge in [-0.15, -0.1) is 0 Å². The van der Waals surface area contributed by atoms with Gasteiger partial charge < -0.3 is 25.2 Å². The fourth-order valence-electron chi connectivity index (χ4n) is 1.83. The third kappa shape index (κ3) is 6.30. The first-order valence-corrected chi connectivity index (χ1v) is 6.50. The molecule has 0 aromatic rings. The maximum absolute atomic E-state index is 11.6. The zero-order valence-electron chi connectivity index (χ0n) is 11.0. The minimum Gasteiger partial charge on any atom is -0.392 e. The van der Waals surface area contributed by atoms with Gasteiger partial charge in [0.15, 0.2) is 0 Å². The number of amides is 1. The number of nitrogens with one attached hydrogen (secondary N) is 2. The second kappa shape index (κ2) is 9.27. The van der Waals surface area contributed by atoms with Gasteiger partial charge in [0.1, 0.15) is 0 Å². The van der Waals surface area contributed by atoms with Gasteiger partial charge in [-0.3, -0.25) is 4.79 Å². The van der Waals surface area contributed by atoms with E-state index in [1.807, 2.05) is 0 Å². The topological polar surface area (TPSA) is 79.8 Å². The molecule has 0 bridgehead atoms. The van der Waals surface area contributed by atoms with E-state index in [2.05, 4.69) is 10.6 Å². The molecule has 0 radical (unpaired) electrons. The summed E-state index contributed by atoms with van der Waals surface area (Å²) in [5.74, 6) is -0.0214. The van der Waals surface area contributed by atoms with Gasteiger partial charge in [0, 0.05) is 26.8 Å². The highest BCUT2D eigenvalue weighted by atomic mass is 16.5. The molecule has 3 N–H and O–H groups in total. The Balaban J connectivity index is 1.90. The molecule has 6 nitrogen and oxygen atoms in total. The van der Waals surface area contributed by atoms with Crippen molar-refractivity contribution in [1.82, 2.24) is 10.6 Å². The van der Waals surface area contributed by atoms with Gasteiger partial charge in [-0.05, 0) is 19.3 Å². The van der Waals surface area contributed by atoms with E-state index in [1.165, 1.54) is 0 Å². The van der Waals surface area contributed by atoms with Crippen LogP contribution in [0.5, 0.6) is 0 Å². The summed E-state index contributed by atoms with van der Waals surface area (Å²) < 4.78 is 10.2. The highest BCUT2D eigenvalue weighted by Gasteiger charge is 2.27. The van der Waals surface area contributed by atoms with Crippen LogP contribution in [0.15, 0.2) is 0 Å². The van der Waals surface area contributed by atoms with Crippen LogP contribution in [-0.4, -0.2) is 63.2 Å². The maximum Gasteiger partial charge on any atom is 0.237 e. The SMILES string of the molecule is COCCOCCCCNC(=O)C1CC(O)CN1. The molecule has 106 valence electrons. The average Bonchev–Trinajstić information content (AvgIpc) is 2.79. The first kappa shape index (κ1) is 15.4. The van der Waals surface area contributed by atoms with E-state index in [-0.39, 0.29) is 11.9 Å². The number of aliphatic hydroxyl groups is 1. The van der Waals surface area contributed by atoms with Gasteiger partial charge in [-0.1, -0.05) is 0 Å². The van der Waals surface area contributed by atoms with Crippen LogP contribution in [-0.2, 0) is 14.3 Å². The van der Waals surface area contributed by atoms with Gasteiger partial charge in [0.25, 0.3) is 0 Å². The summed E-state index contributed by atoms with van der Waals surface area (Å²) in [7, 11) is 1.65. The van der Waals surface area contributed by atoms with E-state index in [4.69, 9.17) is 9.47 Å². The number of unbranched alkanes of at least 4 members (excludes halogenated alkanes) is 1. The van der Waals surface area contributed by atoms with Crippen molar-refractivity contribution in [2.75, 3.05) is 40.0 Å². The van der Waals surface area contributed by atoms with E-state index < -0.39 is 6.10 Å². The molecule has 0 spiro atoms. The van der Waals surface area contributed by atoms with Crippen molar-refractivity contribution < 1.29 is 19.4 Å². The Hall–Kier alpha value is -0.690. The lowest BCUT2D eigenvalue weighted by Gasteiger charge is -2.10. The lowest BCUT2D eigenvalue weighted by Crippen LogP contribution is -2.40. The fourth-order valence-corrected chi connectivity index (χ4v) is 1.83. The summed E-state index contributed by atoms with van der Waals surface area (Å²) in [6.45, 7) is 3.09. The quantitative estimate of drug-likeness (QED) is 0.476. The smallest absolute Gasteiger partial charge is 0.237 e. The van der Waals surface area contributed by atoms with Crippen LogP contribution >= 0.6 is 0 Å².